The highest BCUT2D eigenvalue weighted by atomic mass is 16.2. The number of imide groups is 1. The van der Waals surface area contributed by atoms with Crippen LogP contribution in [0.4, 0.5) is 4.79 Å². The maximum absolute atomic E-state index is 12.1. The van der Waals surface area contributed by atoms with Gasteiger partial charge in [0.25, 0.3) is 0 Å². The Bertz CT molecular complexity index is 348. The second-order valence-electron chi connectivity index (χ2n) is 5.54. The standard InChI is InChI=1S/C13H24N4O2/c1-16(11-5-3-2-4-10(11)8-14)9-12(18)17-7-6-15-13(17)19/h10-11H,2-9,14H2,1H3,(H,15,19). The van der Waals surface area contributed by atoms with Crippen molar-refractivity contribution >= 4 is 11.9 Å². The number of hydrogen-bond acceptors (Lipinski definition) is 4. The Kier molecular flexibility index (Phi) is 4.76. The molecule has 0 radical (unpaired) electrons. The fourth-order valence-electron chi connectivity index (χ4n) is 3.17. The summed E-state index contributed by atoms with van der Waals surface area (Å²) in [5.41, 5.74) is 5.82. The Labute approximate surface area is 114 Å². The van der Waals surface area contributed by atoms with Gasteiger partial charge in [0.1, 0.15) is 0 Å². The minimum absolute atomic E-state index is 0.112. The molecule has 6 nitrogen and oxygen atoms in total. The van der Waals surface area contributed by atoms with Crippen molar-refractivity contribution in [2.75, 3.05) is 33.2 Å². The van der Waals surface area contributed by atoms with Gasteiger partial charge in [-0.3, -0.25) is 14.6 Å². The van der Waals surface area contributed by atoms with Crippen molar-refractivity contribution in [3.63, 3.8) is 0 Å². The summed E-state index contributed by atoms with van der Waals surface area (Å²) < 4.78 is 0. The normalized spacial score (nSPS) is 27.7. The molecule has 0 bridgehead atoms. The second-order valence-corrected chi connectivity index (χ2v) is 5.54. The molecular weight excluding hydrogens is 244 g/mol. The lowest BCUT2D eigenvalue weighted by Crippen LogP contribution is -2.48. The van der Waals surface area contributed by atoms with Crippen LogP contribution in [0.3, 0.4) is 0 Å². The van der Waals surface area contributed by atoms with Gasteiger partial charge in [-0.2, -0.15) is 0 Å². The van der Waals surface area contributed by atoms with E-state index in [4.69, 9.17) is 5.73 Å². The number of amides is 3. The van der Waals surface area contributed by atoms with Gasteiger partial charge in [0, 0.05) is 19.1 Å². The highest BCUT2D eigenvalue weighted by Gasteiger charge is 2.31. The first-order chi connectivity index (χ1) is 9.13. The molecule has 0 spiro atoms. The summed E-state index contributed by atoms with van der Waals surface area (Å²) in [6, 6.07) is 0.103. The van der Waals surface area contributed by atoms with Crippen LogP contribution in [0.1, 0.15) is 25.7 Å². The zero-order valence-electron chi connectivity index (χ0n) is 11.6. The van der Waals surface area contributed by atoms with E-state index in [1.54, 1.807) is 0 Å². The van der Waals surface area contributed by atoms with Gasteiger partial charge in [0.05, 0.1) is 6.54 Å². The van der Waals surface area contributed by atoms with E-state index in [0.717, 1.165) is 12.8 Å². The molecule has 0 aromatic carbocycles. The number of likely N-dealkylation sites (N-methyl/N-ethyl adjacent to an activating group) is 1. The molecule has 1 aliphatic heterocycles. The number of nitrogens with zero attached hydrogens (tertiary/aromatic N) is 2. The fourth-order valence-corrected chi connectivity index (χ4v) is 3.17. The van der Waals surface area contributed by atoms with Crippen molar-refractivity contribution < 1.29 is 9.59 Å². The van der Waals surface area contributed by atoms with E-state index >= 15 is 0 Å². The first-order valence-electron chi connectivity index (χ1n) is 7.12. The van der Waals surface area contributed by atoms with E-state index in [2.05, 4.69) is 10.2 Å². The SMILES string of the molecule is CN(CC(=O)N1CCNC1=O)C1CCCCC1CN. The van der Waals surface area contributed by atoms with Crippen LogP contribution in [0.15, 0.2) is 0 Å². The maximum atomic E-state index is 12.1. The van der Waals surface area contributed by atoms with Gasteiger partial charge in [-0.1, -0.05) is 12.8 Å². The average Bonchev–Trinajstić information content (AvgIpc) is 2.85. The molecule has 19 heavy (non-hydrogen) atoms. The molecule has 1 saturated heterocycles. The summed E-state index contributed by atoms with van der Waals surface area (Å²) in [5, 5.41) is 2.65. The fraction of sp³-hybridized carbons (Fsp3) is 0.846. The van der Waals surface area contributed by atoms with Crippen LogP contribution in [-0.4, -0.2) is 61.0 Å². The topological polar surface area (TPSA) is 78.7 Å². The summed E-state index contributed by atoms with van der Waals surface area (Å²) in [6.45, 7) is 2.02. The minimum Gasteiger partial charge on any atom is -0.336 e. The van der Waals surface area contributed by atoms with Gasteiger partial charge in [-0.05, 0) is 32.4 Å². The largest absolute Gasteiger partial charge is 0.336 e. The number of urea groups is 1. The molecule has 3 amide bonds. The molecule has 2 atom stereocenters. The molecule has 2 unspecified atom stereocenters. The van der Waals surface area contributed by atoms with Gasteiger partial charge >= 0.3 is 6.03 Å². The number of hydrogen-bond donors (Lipinski definition) is 2. The van der Waals surface area contributed by atoms with Crippen molar-refractivity contribution in [1.82, 2.24) is 15.1 Å². The Morgan fingerprint density at radius 1 is 1.47 bits per heavy atom. The lowest BCUT2D eigenvalue weighted by atomic mass is 9.84. The molecule has 108 valence electrons. The summed E-state index contributed by atoms with van der Waals surface area (Å²) >= 11 is 0. The Morgan fingerprint density at radius 3 is 2.84 bits per heavy atom. The first kappa shape index (κ1) is 14.3. The van der Waals surface area contributed by atoms with Gasteiger partial charge in [-0.25, -0.2) is 4.79 Å². The van der Waals surface area contributed by atoms with Crippen LogP contribution >= 0.6 is 0 Å². The Morgan fingerprint density at radius 2 is 2.21 bits per heavy atom. The van der Waals surface area contributed by atoms with Crippen LogP contribution in [0.5, 0.6) is 0 Å². The van der Waals surface area contributed by atoms with E-state index in [9.17, 15) is 9.59 Å². The van der Waals surface area contributed by atoms with E-state index in [-0.39, 0.29) is 11.9 Å². The van der Waals surface area contributed by atoms with Crippen molar-refractivity contribution in [3.05, 3.63) is 0 Å². The number of carbonyl (C=O) groups excluding carboxylic acids is 2. The predicted octanol–water partition coefficient (Wildman–Crippen LogP) is -0.0125. The molecule has 1 aliphatic carbocycles. The predicted molar refractivity (Wildman–Crippen MR) is 72.5 cm³/mol. The van der Waals surface area contributed by atoms with Crippen LogP contribution in [0.25, 0.3) is 0 Å². The third-order valence-electron chi connectivity index (χ3n) is 4.28. The molecule has 2 rings (SSSR count). The van der Waals surface area contributed by atoms with Crippen LogP contribution < -0.4 is 11.1 Å². The molecule has 3 N–H and O–H groups in total. The Balaban J connectivity index is 1.90. The van der Waals surface area contributed by atoms with Crippen LogP contribution in [0, 0.1) is 5.92 Å². The molecule has 6 heteroatoms. The average molecular weight is 268 g/mol. The zero-order chi connectivity index (χ0) is 13.8. The van der Waals surface area contributed by atoms with E-state index in [1.165, 1.54) is 17.7 Å². The number of nitrogens with two attached hydrogens (primary N) is 1. The quantitative estimate of drug-likeness (QED) is 0.751. The molecule has 1 heterocycles. The van der Waals surface area contributed by atoms with Crippen molar-refractivity contribution in [2.45, 2.75) is 31.7 Å². The lowest BCUT2D eigenvalue weighted by Gasteiger charge is -2.37. The van der Waals surface area contributed by atoms with E-state index in [0.29, 0.717) is 38.1 Å². The monoisotopic (exact) mass is 268 g/mol. The third-order valence-corrected chi connectivity index (χ3v) is 4.28. The number of carbonyl (C=O) groups is 2. The molecule has 1 saturated carbocycles. The summed E-state index contributed by atoms with van der Waals surface area (Å²) in [4.78, 5) is 26.9. The highest BCUT2D eigenvalue weighted by Crippen LogP contribution is 2.27. The zero-order valence-corrected chi connectivity index (χ0v) is 11.6. The highest BCUT2D eigenvalue weighted by molar-refractivity contribution is 5.96. The number of rotatable bonds is 4. The van der Waals surface area contributed by atoms with Crippen molar-refractivity contribution in [3.8, 4) is 0 Å². The molecule has 2 aliphatic rings. The second kappa shape index (κ2) is 6.34. The number of nitrogens with one attached hydrogen (secondary N) is 1. The van der Waals surface area contributed by atoms with Crippen molar-refractivity contribution in [2.24, 2.45) is 11.7 Å². The van der Waals surface area contributed by atoms with Gasteiger partial charge in [-0.15, -0.1) is 0 Å². The third kappa shape index (κ3) is 3.25. The minimum atomic E-state index is -0.266. The van der Waals surface area contributed by atoms with Crippen molar-refractivity contribution in [1.29, 1.82) is 0 Å². The van der Waals surface area contributed by atoms with Gasteiger partial charge in [0.15, 0.2) is 0 Å². The summed E-state index contributed by atoms with van der Waals surface area (Å²) in [7, 11) is 1.96. The van der Waals surface area contributed by atoms with Crippen LogP contribution in [0.2, 0.25) is 0 Å². The summed E-state index contributed by atoms with van der Waals surface area (Å²) in [5.74, 6) is 0.359. The smallest absolute Gasteiger partial charge is 0.324 e. The maximum Gasteiger partial charge on any atom is 0.324 e. The van der Waals surface area contributed by atoms with Crippen LogP contribution in [-0.2, 0) is 4.79 Å². The summed E-state index contributed by atoms with van der Waals surface area (Å²) in [6.07, 6.45) is 4.67. The van der Waals surface area contributed by atoms with E-state index < -0.39 is 0 Å². The molecular formula is C13H24N4O2. The molecule has 0 aromatic rings. The molecule has 2 fully saturated rings. The first-order valence-corrected chi connectivity index (χ1v) is 7.12. The van der Waals surface area contributed by atoms with Gasteiger partial charge in [0.2, 0.25) is 5.91 Å². The van der Waals surface area contributed by atoms with Gasteiger partial charge < -0.3 is 11.1 Å². The Hall–Kier alpha value is -1.14. The molecule has 0 aromatic heterocycles. The lowest BCUT2D eigenvalue weighted by molar-refractivity contribution is -0.129. The van der Waals surface area contributed by atoms with E-state index in [1.807, 2.05) is 7.05 Å².